The molecule has 7 heteroatoms. The molecular formula is C11H9BrN2O4. The summed E-state index contributed by atoms with van der Waals surface area (Å²) in [6, 6.07) is 4.03. The number of barbiturate groups is 1. The molecule has 0 aliphatic carbocycles. The SMILES string of the molecule is COc1cc(N2C(=O)CC(=O)NC2=O)ccc1Br. The number of hydrogen-bond donors (Lipinski definition) is 1. The van der Waals surface area contributed by atoms with Gasteiger partial charge in [-0.3, -0.25) is 14.9 Å². The zero-order valence-corrected chi connectivity index (χ0v) is 11.0. The monoisotopic (exact) mass is 312 g/mol. The lowest BCUT2D eigenvalue weighted by Gasteiger charge is -2.25. The van der Waals surface area contributed by atoms with Crippen LogP contribution < -0.4 is 15.0 Å². The van der Waals surface area contributed by atoms with Crippen molar-refractivity contribution in [2.24, 2.45) is 0 Å². The van der Waals surface area contributed by atoms with Crippen molar-refractivity contribution < 1.29 is 19.1 Å². The zero-order chi connectivity index (χ0) is 13.3. The number of carbonyl (C=O) groups excluding carboxylic acids is 3. The van der Waals surface area contributed by atoms with Crippen LogP contribution in [-0.2, 0) is 9.59 Å². The molecule has 0 atom stereocenters. The summed E-state index contributed by atoms with van der Waals surface area (Å²) in [4.78, 5) is 35.3. The number of ether oxygens (including phenoxy) is 1. The quantitative estimate of drug-likeness (QED) is 0.838. The van der Waals surface area contributed by atoms with E-state index in [9.17, 15) is 14.4 Å². The minimum Gasteiger partial charge on any atom is -0.495 e. The number of halogens is 1. The third-order valence-corrected chi connectivity index (χ3v) is 3.06. The van der Waals surface area contributed by atoms with Gasteiger partial charge in [-0.1, -0.05) is 0 Å². The predicted molar refractivity (Wildman–Crippen MR) is 66.3 cm³/mol. The second-order valence-corrected chi connectivity index (χ2v) is 4.43. The Morgan fingerprint density at radius 1 is 1.33 bits per heavy atom. The fourth-order valence-electron chi connectivity index (χ4n) is 1.60. The van der Waals surface area contributed by atoms with Crippen molar-refractivity contribution >= 4 is 39.5 Å². The van der Waals surface area contributed by atoms with E-state index in [2.05, 4.69) is 21.2 Å². The van der Waals surface area contributed by atoms with E-state index >= 15 is 0 Å². The van der Waals surface area contributed by atoms with Crippen LogP contribution in [0.15, 0.2) is 22.7 Å². The maximum absolute atomic E-state index is 11.7. The average Bonchev–Trinajstić information content (AvgIpc) is 2.30. The number of anilines is 1. The van der Waals surface area contributed by atoms with E-state index in [4.69, 9.17) is 4.74 Å². The highest BCUT2D eigenvalue weighted by Gasteiger charge is 2.32. The number of methoxy groups -OCH3 is 1. The molecule has 1 N–H and O–H groups in total. The lowest BCUT2D eigenvalue weighted by molar-refractivity contribution is -0.128. The Balaban J connectivity index is 2.39. The lowest BCUT2D eigenvalue weighted by Crippen LogP contribution is -2.52. The molecule has 94 valence electrons. The van der Waals surface area contributed by atoms with Crippen LogP contribution in [0.1, 0.15) is 6.42 Å². The van der Waals surface area contributed by atoms with Crippen molar-refractivity contribution in [1.29, 1.82) is 0 Å². The van der Waals surface area contributed by atoms with Crippen LogP contribution in [0.5, 0.6) is 5.75 Å². The van der Waals surface area contributed by atoms with Gasteiger partial charge in [-0.15, -0.1) is 0 Å². The highest BCUT2D eigenvalue weighted by molar-refractivity contribution is 9.10. The molecule has 0 saturated carbocycles. The summed E-state index contributed by atoms with van der Waals surface area (Å²) in [5, 5.41) is 2.09. The summed E-state index contributed by atoms with van der Waals surface area (Å²) in [5.41, 5.74) is 0.352. The van der Waals surface area contributed by atoms with Crippen LogP contribution in [0.4, 0.5) is 10.5 Å². The first kappa shape index (κ1) is 12.6. The molecule has 1 aromatic carbocycles. The van der Waals surface area contributed by atoms with Crippen molar-refractivity contribution in [3.63, 3.8) is 0 Å². The van der Waals surface area contributed by atoms with Gasteiger partial charge in [-0.25, -0.2) is 9.69 Å². The summed E-state index contributed by atoms with van der Waals surface area (Å²) < 4.78 is 5.79. The first-order valence-corrected chi connectivity index (χ1v) is 5.82. The van der Waals surface area contributed by atoms with Crippen LogP contribution in [-0.4, -0.2) is 25.0 Å². The molecule has 1 heterocycles. The molecule has 4 amide bonds. The maximum Gasteiger partial charge on any atom is 0.335 e. The summed E-state index contributed by atoms with van der Waals surface area (Å²) in [6.07, 6.45) is -0.343. The van der Waals surface area contributed by atoms with Gasteiger partial charge in [0.05, 0.1) is 17.3 Å². The smallest absolute Gasteiger partial charge is 0.335 e. The molecule has 2 rings (SSSR count). The van der Waals surface area contributed by atoms with Gasteiger partial charge in [0.15, 0.2) is 0 Å². The molecule has 0 bridgehead atoms. The number of carbonyl (C=O) groups is 3. The Bertz CT molecular complexity index is 524. The fraction of sp³-hybridized carbons (Fsp3) is 0.182. The van der Waals surface area contributed by atoms with Crippen molar-refractivity contribution in [3.8, 4) is 5.75 Å². The molecule has 1 aliphatic heterocycles. The largest absolute Gasteiger partial charge is 0.495 e. The highest BCUT2D eigenvalue weighted by Crippen LogP contribution is 2.30. The number of urea groups is 1. The van der Waals surface area contributed by atoms with E-state index in [1.54, 1.807) is 12.1 Å². The number of rotatable bonds is 2. The van der Waals surface area contributed by atoms with Gasteiger partial charge in [0.25, 0.3) is 0 Å². The molecular weight excluding hydrogens is 304 g/mol. The van der Waals surface area contributed by atoms with Gasteiger partial charge in [0.2, 0.25) is 11.8 Å². The van der Waals surface area contributed by atoms with Crippen LogP contribution in [0.25, 0.3) is 0 Å². The minimum absolute atomic E-state index is 0.343. The van der Waals surface area contributed by atoms with E-state index in [0.717, 1.165) is 4.90 Å². The van der Waals surface area contributed by atoms with Crippen molar-refractivity contribution in [2.45, 2.75) is 6.42 Å². The van der Waals surface area contributed by atoms with Crippen molar-refractivity contribution in [1.82, 2.24) is 5.32 Å². The minimum atomic E-state index is -0.749. The Labute approximate surface area is 111 Å². The topological polar surface area (TPSA) is 75.7 Å². The average molecular weight is 313 g/mol. The highest BCUT2D eigenvalue weighted by atomic mass is 79.9. The number of nitrogens with one attached hydrogen (secondary N) is 1. The maximum atomic E-state index is 11.7. The Kier molecular flexibility index (Phi) is 3.33. The van der Waals surface area contributed by atoms with Crippen molar-refractivity contribution in [2.75, 3.05) is 12.0 Å². The molecule has 1 aliphatic rings. The van der Waals surface area contributed by atoms with Gasteiger partial charge in [0, 0.05) is 6.07 Å². The Morgan fingerprint density at radius 3 is 2.67 bits per heavy atom. The van der Waals surface area contributed by atoms with Gasteiger partial charge < -0.3 is 4.74 Å². The molecule has 0 radical (unpaired) electrons. The Hall–Kier alpha value is -1.89. The number of nitrogens with zero attached hydrogens (tertiary/aromatic N) is 1. The van der Waals surface area contributed by atoms with E-state index < -0.39 is 17.8 Å². The first-order valence-electron chi connectivity index (χ1n) is 5.03. The summed E-state index contributed by atoms with van der Waals surface area (Å²) in [7, 11) is 1.48. The second kappa shape index (κ2) is 4.77. The fourth-order valence-corrected chi connectivity index (χ4v) is 2.01. The predicted octanol–water partition coefficient (Wildman–Crippen LogP) is 1.43. The van der Waals surface area contributed by atoms with Gasteiger partial charge in [-0.2, -0.15) is 0 Å². The lowest BCUT2D eigenvalue weighted by atomic mass is 10.2. The number of amides is 4. The van der Waals surface area contributed by atoms with Crippen molar-refractivity contribution in [3.05, 3.63) is 22.7 Å². The van der Waals surface area contributed by atoms with Crippen LogP contribution >= 0.6 is 15.9 Å². The van der Waals surface area contributed by atoms with Gasteiger partial charge in [-0.05, 0) is 28.1 Å². The number of benzene rings is 1. The molecule has 0 unspecified atom stereocenters. The summed E-state index contributed by atoms with van der Waals surface area (Å²) in [5.74, 6) is -0.663. The molecule has 0 aromatic heterocycles. The van der Waals surface area contributed by atoms with Crippen LogP contribution in [0.3, 0.4) is 0 Å². The third kappa shape index (κ3) is 2.21. The number of imide groups is 2. The molecule has 18 heavy (non-hydrogen) atoms. The number of hydrogen-bond acceptors (Lipinski definition) is 4. The van der Waals surface area contributed by atoms with E-state index in [-0.39, 0.29) is 6.42 Å². The molecule has 1 fully saturated rings. The second-order valence-electron chi connectivity index (χ2n) is 3.58. The zero-order valence-electron chi connectivity index (χ0n) is 9.40. The standard InChI is InChI=1S/C11H9BrN2O4/c1-18-8-4-6(2-3-7(8)12)14-10(16)5-9(15)13-11(14)17/h2-4H,5H2,1H3,(H,13,15,17). The molecule has 1 saturated heterocycles. The summed E-state index contributed by atoms with van der Waals surface area (Å²) >= 11 is 3.27. The van der Waals surface area contributed by atoms with E-state index in [1.807, 2.05) is 0 Å². The molecule has 0 spiro atoms. The van der Waals surface area contributed by atoms with Gasteiger partial charge >= 0.3 is 6.03 Å². The molecule has 1 aromatic rings. The molecule has 6 nitrogen and oxygen atoms in total. The van der Waals surface area contributed by atoms with Crippen LogP contribution in [0, 0.1) is 0 Å². The Morgan fingerprint density at radius 2 is 2.06 bits per heavy atom. The first-order chi connectivity index (χ1) is 8.52. The van der Waals surface area contributed by atoms with Crippen LogP contribution in [0.2, 0.25) is 0 Å². The van der Waals surface area contributed by atoms with E-state index in [0.29, 0.717) is 15.9 Å². The van der Waals surface area contributed by atoms with Gasteiger partial charge in [0.1, 0.15) is 12.2 Å². The third-order valence-electron chi connectivity index (χ3n) is 2.40. The summed E-state index contributed by atoms with van der Waals surface area (Å²) in [6.45, 7) is 0. The van der Waals surface area contributed by atoms with E-state index in [1.165, 1.54) is 13.2 Å². The normalized spacial score (nSPS) is 15.7.